The van der Waals surface area contributed by atoms with E-state index < -0.39 is 112 Å². The van der Waals surface area contributed by atoms with Crippen LogP contribution >= 0.6 is 11.6 Å². The van der Waals surface area contributed by atoms with Crippen molar-refractivity contribution in [2.45, 2.75) is 75.9 Å². The Morgan fingerprint density at radius 3 is 2.12 bits per heavy atom. The number of nitrogens with one attached hydrogen (secondary N) is 4. The Bertz CT molecular complexity index is 2810. The number of likely N-dealkylation sites (N-methyl/N-ethyl adjacent to an activating group) is 1. The van der Waals surface area contributed by atoms with Crippen molar-refractivity contribution >= 4 is 57.1 Å². The first-order valence-electron chi connectivity index (χ1n) is 22.1. The number of benzene rings is 3. The van der Waals surface area contributed by atoms with E-state index >= 15 is 0 Å². The predicted octanol–water partition coefficient (Wildman–Crippen LogP) is -0.522. The van der Waals surface area contributed by atoms with Crippen molar-refractivity contribution in [2.24, 2.45) is 16.6 Å². The first-order chi connectivity index (χ1) is 33.6. The van der Waals surface area contributed by atoms with Crippen LogP contribution in [0.4, 0.5) is 5.69 Å². The molecule has 17 N–H and O–H groups in total. The number of halogens is 1. The summed E-state index contributed by atoms with van der Waals surface area (Å²) < 4.78 is 38.2. The molecule has 26 heteroatoms. The first-order valence-corrected chi connectivity index (χ1v) is 24.1. The lowest BCUT2D eigenvalue weighted by atomic mass is 9.86. The molecule has 3 aromatic carbocycles. The van der Waals surface area contributed by atoms with Crippen LogP contribution < -0.4 is 52.5 Å². The third-order valence-corrected chi connectivity index (χ3v) is 12.3. The van der Waals surface area contributed by atoms with Crippen LogP contribution in [-0.4, -0.2) is 144 Å². The lowest BCUT2D eigenvalue weighted by molar-refractivity contribution is -0.143. The lowest BCUT2D eigenvalue weighted by Gasteiger charge is -2.33. The van der Waals surface area contributed by atoms with Gasteiger partial charge in [-0.05, 0) is 71.5 Å². The summed E-state index contributed by atoms with van der Waals surface area (Å²) in [6, 6.07) is 5.89. The van der Waals surface area contributed by atoms with E-state index in [4.69, 9.17) is 43.4 Å². The van der Waals surface area contributed by atoms with Crippen LogP contribution in [0.1, 0.15) is 60.8 Å². The number of nitrogen functional groups attached to an aromatic ring is 1. The number of pyridine rings is 1. The molecule has 72 heavy (non-hydrogen) atoms. The minimum atomic E-state index is -4.58. The molecule has 0 spiro atoms. The molecule has 1 aliphatic rings. The summed E-state index contributed by atoms with van der Waals surface area (Å²) in [5, 5.41) is 65.6. The number of aliphatic hydroxyl groups excluding tert-OH is 2. The topological polar surface area (TPSA) is 407 Å². The minimum absolute atomic E-state index is 0.0127. The normalized spacial score (nSPS) is 17.6. The van der Waals surface area contributed by atoms with Gasteiger partial charge in [0.25, 0.3) is 16.1 Å². The number of phenols is 2. The maximum Gasteiger partial charge on any atom is 0.326 e. The zero-order valence-corrected chi connectivity index (χ0v) is 41.4. The van der Waals surface area contributed by atoms with Gasteiger partial charge in [-0.1, -0.05) is 44.5 Å². The largest absolute Gasteiger partial charge is 0.507 e. The van der Waals surface area contributed by atoms with E-state index in [0.29, 0.717) is 0 Å². The Morgan fingerprint density at radius 1 is 0.917 bits per heavy atom. The highest BCUT2D eigenvalue weighted by atomic mass is 35.5. The van der Waals surface area contributed by atoms with Gasteiger partial charge in [-0.3, -0.25) is 19.2 Å². The van der Waals surface area contributed by atoms with E-state index in [1.54, 1.807) is 18.2 Å². The van der Waals surface area contributed by atoms with Gasteiger partial charge in [-0.25, -0.2) is 14.9 Å². The number of aromatic nitrogens is 1. The summed E-state index contributed by atoms with van der Waals surface area (Å²) in [5.41, 5.74) is 17.6. The highest BCUT2D eigenvalue weighted by Gasteiger charge is 2.38. The highest BCUT2D eigenvalue weighted by Crippen LogP contribution is 2.45. The summed E-state index contributed by atoms with van der Waals surface area (Å²) in [6.45, 7) is 4.77. The molecular weight excluding hydrogens is 984 g/mol. The molecule has 4 aromatic rings. The Morgan fingerprint density at radius 2 is 1.56 bits per heavy atom. The van der Waals surface area contributed by atoms with Crippen LogP contribution in [0, 0.1) is 0 Å². The number of aliphatic carboxylic acids is 1. The van der Waals surface area contributed by atoms with Gasteiger partial charge < -0.3 is 73.1 Å². The smallest absolute Gasteiger partial charge is 0.326 e. The number of fused-ring (bicyclic) bond motifs is 5. The number of hydrogen-bond acceptors (Lipinski definition) is 17. The quantitative estimate of drug-likeness (QED) is 0.0592. The average molecular weight is 1040 g/mol. The van der Waals surface area contributed by atoms with Crippen molar-refractivity contribution in [3.8, 4) is 45.4 Å². The standard InChI is InChI=1S/C46H59ClN10O14S/c1-21-41(62)55-32(45(66)67)11-22-6-9-35(70-19-25(58)16-48)28(10-22)29-12-23(13-36(39(29)61)71-20-26(59)17-49)38(43(64)53-21)57(5)44(65)33(18-52-72(51,68)69)56-42(63)37-30(50)15-31(54-40(37)47)27-8-7-24(14-34(27)60)46(2,3)4/h6-10,12-15,21,25-26,32-33,38,52,58-61H,11,16-20,48-49H2,1-5H3,(H2,50,54)(H,53,64)(H,55,62)(H,56,63)(H,66,67)(H2,51,68,69)/t21-,25?,26?,32-,33?,38-/m0/s1. The van der Waals surface area contributed by atoms with Crippen molar-refractivity contribution < 1.29 is 67.4 Å². The minimum Gasteiger partial charge on any atom is -0.507 e. The number of carbonyl (C=O) groups is 5. The fourth-order valence-corrected chi connectivity index (χ4v) is 8.09. The molecular formula is C46H59ClN10O14S. The Hall–Kier alpha value is -6.84. The van der Waals surface area contributed by atoms with E-state index in [-0.39, 0.29) is 82.2 Å². The van der Waals surface area contributed by atoms with E-state index in [1.165, 1.54) is 37.3 Å². The number of nitrogens with zero attached hydrogens (tertiary/aromatic N) is 2. The van der Waals surface area contributed by atoms with Gasteiger partial charge in [0, 0.05) is 55.5 Å². The second kappa shape index (κ2) is 23.1. The maximum atomic E-state index is 14.9. The number of nitrogens with two attached hydrogens (primary N) is 4. The molecule has 0 saturated carbocycles. The van der Waals surface area contributed by atoms with Crippen LogP contribution in [0.25, 0.3) is 22.4 Å². The summed E-state index contributed by atoms with van der Waals surface area (Å²) in [5.74, 6) is -7.07. The van der Waals surface area contributed by atoms with E-state index in [2.05, 4.69) is 20.9 Å². The van der Waals surface area contributed by atoms with Gasteiger partial charge >= 0.3 is 5.97 Å². The Balaban J connectivity index is 1.67. The molecule has 1 aliphatic heterocycles. The van der Waals surface area contributed by atoms with E-state index in [0.717, 1.165) is 23.6 Å². The summed E-state index contributed by atoms with van der Waals surface area (Å²) in [4.78, 5) is 74.7. The molecule has 6 atom stereocenters. The summed E-state index contributed by atoms with van der Waals surface area (Å²) in [6.07, 6.45) is -2.76. The lowest BCUT2D eigenvalue weighted by Crippen LogP contribution is -2.57. The van der Waals surface area contributed by atoms with Crippen LogP contribution in [0.3, 0.4) is 0 Å². The van der Waals surface area contributed by atoms with E-state index in [1.807, 2.05) is 25.5 Å². The van der Waals surface area contributed by atoms with Crippen LogP contribution in [0.5, 0.6) is 23.0 Å². The molecule has 1 aromatic heterocycles. The van der Waals surface area contributed by atoms with Gasteiger partial charge in [-0.15, -0.1) is 0 Å². The second-order valence-electron chi connectivity index (χ2n) is 18.0. The van der Waals surface area contributed by atoms with Gasteiger partial charge in [-0.2, -0.15) is 13.1 Å². The van der Waals surface area contributed by atoms with Crippen molar-refractivity contribution in [1.82, 2.24) is 30.6 Å². The number of amides is 4. The van der Waals surface area contributed by atoms with Crippen molar-refractivity contribution in [2.75, 3.05) is 45.6 Å². The number of anilines is 1. The van der Waals surface area contributed by atoms with Crippen molar-refractivity contribution in [3.63, 3.8) is 0 Å². The SMILES string of the molecule is C[C@@H]1NC(=O)[C@@H](N(C)C(=O)C(CNS(N)(=O)=O)NC(=O)c2c(N)cc(-c3ccc(C(C)(C)C)cc3O)nc2Cl)c2cc(OCC(O)CN)c(O)c(c2)-c2cc(ccc2OCC(O)CN)C[C@@H](C(=O)O)NC1=O. The number of carbonyl (C=O) groups excluding carboxylic acids is 4. The fraction of sp³-hybridized carbons (Fsp3) is 0.391. The predicted molar refractivity (Wildman–Crippen MR) is 263 cm³/mol. The number of aromatic hydroxyl groups is 2. The zero-order valence-electron chi connectivity index (χ0n) is 39.8. The molecule has 24 nitrogen and oxygen atoms in total. The van der Waals surface area contributed by atoms with Crippen molar-refractivity contribution in [3.05, 3.63) is 82.0 Å². The van der Waals surface area contributed by atoms with Gasteiger partial charge in [0.05, 0.1) is 11.3 Å². The third-order valence-electron chi connectivity index (χ3n) is 11.4. The second-order valence-corrected chi connectivity index (χ2v) is 19.7. The van der Waals surface area contributed by atoms with Crippen LogP contribution in [0.2, 0.25) is 5.15 Å². The Labute approximate surface area is 419 Å². The molecule has 5 rings (SSSR count). The van der Waals surface area contributed by atoms with Crippen LogP contribution in [0.15, 0.2) is 54.6 Å². The number of ether oxygens (including phenoxy) is 2. The number of rotatable bonds is 17. The zero-order chi connectivity index (χ0) is 53.6. The number of aliphatic hydroxyl groups is 2. The fourth-order valence-electron chi connectivity index (χ4n) is 7.41. The number of hydrogen-bond donors (Lipinski definition) is 13. The third kappa shape index (κ3) is 13.8. The number of carboxylic acids is 1. The molecule has 3 unspecified atom stereocenters. The number of phenolic OH excluding ortho intramolecular Hbond substituents is 2. The van der Waals surface area contributed by atoms with Gasteiger partial charge in [0.2, 0.25) is 17.7 Å². The molecule has 390 valence electrons. The van der Waals surface area contributed by atoms with Crippen LogP contribution in [-0.2, 0) is 41.2 Å². The molecule has 0 aliphatic carbocycles. The average Bonchev–Trinajstić information content (AvgIpc) is 3.30. The molecule has 4 amide bonds. The summed E-state index contributed by atoms with van der Waals surface area (Å²) >= 11 is 6.55. The molecule has 0 radical (unpaired) electrons. The maximum absolute atomic E-state index is 14.9. The van der Waals surface area contributed by atoms with E-state index in [9.17, 15) is 57.9 Å². The molecule has 4 bridgehead atoms. The monoisotopic (exact) mass is 1040 g/mol. The van der Waals surface area contributed by atoms with Gasteiger partial charge in [0.15, 0.2) is 11.5 Å². The van der Waals surface area contributed by atoms with Gasteiger partial charge in [0.1, 0.15) is 66.2 Å². The molecule has 0 saturated heterocycles. The summed E-state index contributed by atoms with van der Waals surface area (Å²) in [7, 11) is -3.50. The number of carboxylic acid groups (broad SMARTS) is 1. The van der Waals surface area contributed by atoms with Crippen molar-refractivity contribution in [1.29, 1.82) is 0 Å². The Kier molecular flexibility index (Phi) is 18.0. The first kappa shape index (κ1) is 56.1. The highest BCUT2D eigenvalue weighted by molar-refractivity contribution is 7.87. The molecule has 2 heterocycles. The molecule has 0 fully saturated rings.